The van der Waals surface area contributed by atoms with E-state index in [9.17, 15) is 10.2 Å². The molecule has 0 aromatic heterocycles. The second-order valence-corrected chi connectivity index (χ2v) is 5.29. The molecule has 1 heterocycles. The predicted octanol–water partition coefficient (Wildman–Crippen LogP) is 3.62. The Morgan fingerprint density at radius 3 is 2.71 bits per heavy atom. The van der Waals surface area contributed by atoms with Gasteiger partial charge in [-0.3, -0.25) is 0 Å². The number of aromatic hydroxyl groups is 2. The number of hydrogen-bond donors (Lipinski definition) is 2. The fourth-order valence-corrected chi connectivity index (χ4v) is 2.78. The lowest BCUT2D eigenvalue weighted by molar-refractivity contribution is 0.0294. The van der Waals surface area contributed by atoms with Crippen molar-refractivity contribution in [2.24, 2.45) is 0 Å². The van der Waals surface area contributed by atoms with E-state index in [1.54, 1.807) is 31.4 Å². The molecule has 2 aromatic rings. The van der Waals surface area contributed by atoms with Crippen molar-refractivity contribution in [3.63, 3.8) is 0 Å². The summed E-state index contributed by atoms with van der Waals surface area (Å²) in [4.78, 5) is 0. The van der Waals surface area contributed by atoms with Crippen LogP contribution in [0, 0.1) is 6.92 Å². The molecule has 0 bridgehead atoms. The molecule has 3 rings (SSSR count). The molecule has 21 heavy (non-hydrogen) atoms. The van der Waals surface area contributed by atoms with Gasteiger partial charge in [0.25, 0.3) is 0 Å². The summed E-state index contributed by atoms with van der Waals surface area (Å²) in [5, 5.41) is 19.5. The van der Waals surface area contributed by atoms with Crippen LogP contribution in [0.4, 0.5) is 0 Å². The number of ether oxygens (including phenoxy) is 2. The third-order valence-corrected chi connectivity index (χ3v) is 3.97. The van der Waals surface area contributed by atoms with Crippen molar-refractivity contribution in [3.8, 4) is 17.2 Å². The highest BCUT2D eigenvalue weighted by atomic mass is 16.5. The second-order valence-electron chi connectivity index (χ2n) is 5.29. The van der Waals surface area contributed by atoms with Crippen LogP contribution in [-0.2, 0) is 4.74 Å². The Labute approximate surface area is 123 Å². The maximum Gasteiger partial charge on any atom is 0.132 e. The van der Waals surface area contributed by atoms with Crippen LogP contribution in [0.1, 0.15) is 35.3 Å². The molecule has 0 fully saturated rings. The second kappa shape index (κ2) is 5.30. The lowest BCUT2D eigenvalue weighted by Crippen LogP contribution is -2.21. The molecule has 4 heteroatoms. The molecule has 0 radical (unpaired) electrons. The number of benzene rings is 2. The quantitative estimate of drug-likeness (QED) is 0.885. The molecule has 2 aromatic carbocycles. The van der Waals surface area contributed by atoms with Gasteiger partial charge in [-0.25, -0.2) is 0 Å². The number of hydrogen-bond acceptors (Lipinski definition) is 4. The molecule has 0 aliphatic carbocycles. The predicted molar refractivity (Wildman–Crippen MR) is 78.7 cm³/mol. The molecule has 1 aliphatic heterocycles. The Hall–Kier alpha value is -2.20. The Balaban J connectivity index is 2.03. The van der Waals surface area contributed by atoms with E-state index in [4.69, 9.17) is 9.47 Å². The molecule has 1 aliphatic rings. The normalized spacial score (nSPS) is 20.7. The van der Waals surface area contributed by atoms with E-state index in [2.05, 4.69) is 0 Å². The summed E-state index contributed by atoms with van der Waals surface area (Å²) in [6.45, 7) is 1.83. The maximum absolute atomic E-state index is 9.87. The molecule has 0 saturated carbocycles. The zero-order chi connectivity index (χ0) is 15.0. The summed E-state index contributed by atoms with van der Waals surface area (Å²) < 4.78 is 11.6. The lowest BCUT2D eigenvalue weighted by atomic mass is 9.93. The molecule has 2 unspecified atom stereocenters. The molecule has 2 atom stereocenters. The number of fused-ring (bicyclic) bond motifs is 1. The monoisotopic (exact) mass is 286 g/mol. The number of phenols is 2. The van der Waals surface area contributed by atoms with E-state index in [0.29, 0.717) is 17.7 Å². The van der Waals surface area contributed by atoms with E-state index in [1.165, 1.54) is 0 Å². The van der Waals surface area contributed by atoms with Crippen molar-refractivity contribution in [1.82, 2.24) is 0 Å². The first kappa shape index (κ1) is 13.8. The van der Waals surface area contributed by atoms with Gasteiger partial charge in [0.1, 0.15) is 23.4 Å². The molecule has 0 saturated heterocycles. The van der Waals surface area contributed by atoms with Crippen molar-refractivity contribution < 1.29 is 19.7 Å². The van der Waals surface area contributed by atoms with Crippen molar-refractivity contribution in [2.75, 3.05) is 7.11 Å². The minimum atomic E-state index is -0.213. The van der Waals surface area contributed by atoms with Crippen LogP contribution in [0.15, 0.2) is 36.4 Å². The van der Waals surface area contributed by atoms with Gasteiger partial charge in [0.05, 0.1) is 6.10 Å². The largest absolute Gasteiger partial charge is 0.508 e. The van der Waals surface area contributed by atoms with Crippen LogP contribution in [0.5, 0.6) is 17.2 Å². The van der Waals surface area contributed by atoms with Crippen LogP contribution >= 0.6 is 0 Å². The van der Waals surface area contributed by atoms with E-state index in [1.807, 2.05) is 19.1 Å². The fraction of sp³-hybridized carbons (Fsp3) is 0.294. The summed E-state index contributed by atoms with van der Waals surface area (Å²) in [6.07, 6.45) is 0.354. The van der Waals surface area contributed by atoms with Crippen LogP contribution in [0.25, 0.3) is 0 Å². The van der Waals surface area contributed by atoms with Gasteiger partial charge >= 0.3 is 0 Å². The van der Waals surface area contributed by atoms with E-state index < -0.39 is 0 Å². The van der Waals surface area contributed by atoms with Crippen LogP contribution in [0.3, 0.4) is 0 Å². The van der Waals surface area contributed by atoms with E-state index in [0.717, 1.165) is 11.1 Å². The number of phenolic OH excluding ortho intramolecular Hbond substituents is 2. The summed E-state index contributed by atoms with van der Waals surface area (Å²) in [7, 11) is 1.67. The zero-order valence-corrected chi connectivity index (χ0v) is 12.0. The topological polar surface area (TPSA) is 58.9 Å². The van der Waals surface area contributed by atoms with Gasteiger partial charge in [-0.15, -0.1) is 0 Å². The third-order valence-electron chi connectivity index (χ3n) is 3.97. The summed E-state index contributed by atoms with van der Waals surface area (Å²) in [6, 6.07) is 10.5. The highest BCUT2D eigenvalue weighted by Crippen LogP contribution is 2.46. The van der Waals surface area contributed by atoms with Crippen molar-refractivity contribution >= 4 is 0 Å². The summed E-state index contributed by atoms with van der Waals surface area (Å²) in [5.41, 5.74) is 2.55. The van der Waals surface area contributed by atoms with Gasteiger partial charge < -0.3 is 19.7 Å². The minimum Gasteiger partial charge on any atom is -0.508 e. The maximum atomic E-state index is 9.87. The highest BCUT2D eigenvalue weighted by molar-refractivity contribution is 5.51. The first-order chi connectivity index (χ1) is 10.1. The Morgan fingerprint density at radius 2 is 2.00 bits per heavy atom. The molecular formula is C17H18O4. The average Bonchev–Trinajstić information content (AvgIpc) is 2.50. The first-order valence-corrected chi connectivity index (χ1v) is 6.91. The highest BCUT2D eigenvalue weighted by Gasteiger charge is 2.31. The first-order valence-electron chi connectivity index (χ1n) is 6.91. The molecule has 0 amide bonds. The summed E-state index contributed by atoms with van der Waals surface area (Å²) in [5.74, 6) is 1.09. The van der Waals surface area contributed by atoms with Crippen LogP contribution in [0.2, 0.25) is 0 Å². The van der Waals surface area contributed by atoms with Crippen molar-refractivity contribution in [2.45, 2.75) is 25.6 Å². The molecular weight excluding hydrogens is 268 g/mol. The molecule has 0 spiro atoms. The van der Waals surface area contributed by atoms with Gasteiger partial charge in [-0.1, -0.05) is 12.1 Å². The van der Waals surface area contributed by atoms with Crippen LogP contribution < -0.4 is 4.74 Å². The Morgan fingerprint density at radius 1 is 1.19 bits per heavy atom. The fourth-order valence-electron chi connectivity index (χ4n) is 2.78. The minimum absolute atomic E-state index is 0.0969. The van der Waals surface area contributed by atoms with Gasteiger partial charge in [-0.05, 0) is 36.8 Å². The Kier molecular flexibility index (Phi) is 3.47. The molecule has 2 N–H and O–H groups in total. The zero-order valence-electron chi connectivity index (χ0n) is 12.0. The van der Waals surface area contributed by atoms with E-state index in [-0.39, 0.29) is 23.7 Å². The van der Waals surface area contributed by atoms with Gasteiger partial charge in [0.15, 0.2) is 0 Å². The third kappa shape index (κ3) is 2.43. The van der Waals surface area contributed by atoms with Crippen molar-refractivity contribution in [3.05, 3.63) is 53.1 Å². The van der Waals surface area contributed by atoms with Gasteiger partial charge in [-0.2, -0.15) is 0 Å². The van der Waals surface area contributed by atoms with E-state index >= 15 is 0 Å². The molecule has 4 nitrogen and oxygen atoms in total. The smallest absolute Gasteiger partial charge is 0.132 e. The van der Waals surface area contributed by atoms with Gasteiger partial charge in [0, 0.05) is 24.7 Å². The van der Waals surface area contributed by atoms with Crippen molar-refractivity contribution in [1.29, 1.82) is 0 Å². The average molecular weight is 286 g/mol. The van der Waals surface area contributed by atoms with Gasteiger partial charge in [0.2, 0.25) is 0 Å². The Bertz CT molecular complexity index is 666. The number of rotatable bonds is 2. The number of methoxy groups -OCH3 is 1. The molecule has 110 valence electrons. The standard InChI is InChI=1S/C17H18O4/c1-10-14(19)7-6-13-16(20-2)9-15(21-17(10)13)11-4-3-5-12(18)8-11/h3-8,15-16,18-19H,9H2,1-2H3. The lowest BCUT2D eigenvalue weighted by Gasteiger charge is -2.33. The SMILES string of the molecule is COC1CC(c2cccc(O)c2)Oc2c1ccc(O)c2C. The van der Waals surface area contributed by atoms with Crippen LogP contribution in [-0.4, -0.2) is 17.3 Å². The summed E-state index contributed by atoms with van der Waals surface area (Å²) >= 11 is 0.